The molecule has 0 aliphatic carbocycles. The summed E-state index contributed by atoms with van der Waals surface area (Å²) in [6.45, 7) is 3.12. The van der Waals surface area contributed by atoms with Crippen molar-refractivity contribution in [2.24, 2.45) is 0 Å². The van der Waals surface area contributed by atoms with Crippen LogP contribution in [0.15, 0.2) is 5.38 Å². The standard InChI is InChI=1S/C13H16F3N5S/c1-8(12-20-19-10-4-2-3-5-21(10)12)17-6-11-18-9(7-22-11)13(14,15)16/h7-8,17H,2-6H2,1H3/t8-/m0/s1. The lowest BCUT2D eigenvalue weighted by molar-refractivity contribution is -0.140. The van der Waals surface area contributed by atoms with Crippen LogP contribution in [0.2, 0.25) is 0 Å². The molecule has 22 heavy (non-hydrogen) atoms. The van der Waals surface area contributed by atoms with Gasteiger partial charge in [0.15, 0.2) is 5.69 Å². The predicted octanol–water partition coefficient (Wildman–Crippen LogP) is 2.94. The van der Waals surface area contributed by atoms with Gasteiger partial charge in [-0.15, -0.1) is 21.5 Å². The highest BCUT2D eigenvalue weighted by Crippen LogP contribution is 2.30. The van der Waals surface area contributed by atoms with E-state index in [1.54, 1.807) is 0 Å². The van der Waals surface area contributed by atoms with Gasteiger partial charge in [0.25, 0.3) is 0 Å². The Labute approximate surface area is 129 Å². The number of fused-ring (bicyclic) bond motifs is 1. The summed E-state index contributed by atoms with van der Waals surface area (Å²) in [6, 6.07) is -0.0856. The SMILES string of the molecule is C[C@H](NCc1nc(C(F)(F)F)cs1)c1nnc2n1CCCC2. The van der Waals surface area contributed by atoms with Gasteiger partial charge in [-0.3, -0.25) is 0 Å². The molecule has 0 unspecified atom stereocenters. The van der Waals surface area contributed by atoms with Crippen LogP contribution >= 0.6 is 11.3 Å². The third-order valence-electron chi connectivity index (χ3n) is 3.68. The lowest BCUT2D eigenvalue weighted by atomic mass is 10.1. The molecule has 3 rings (SSSR count). The van der Waals surface area contributed by atoms with E-state index in [0.717, 1.165) is 54.2 Å². The number of nitrogens with one attached hydrogen (secondary N) is 1. The summed E-state index contributed by atoms with van der Waals surface area (Å²) in [6.07, 6.45) is -1.22. The van der Waals surface area contributed by atoms with Crippen molar-refractivity contribution < 1.29 is 13.2 Å². The minimum absolute atomic E-state index is 0.0856. The van der Waals surface area contributed by atoms with Crippen LogP contribution in [-0.4, -0.2) is 19.7 Å². The molecule has 0 aromatic carbocycles. The summed E-state index contributed by atoms with van der Waals surface area (Å²) in [5, 5.41) is 13.0. The topological polar surface area (TPSA) is 55.6 Å². The number of hydrogen-bond donors (Lipinski definition) is 1. The zero-order chi connectivity index (χ0) is 15.7. The molecular formula is C13H16F3N5S. The number of aromatic nitrogens is 4. The van der Waals surface area contributed by atoms with Crippen molar-refractivity contribution in [1.82, 2.24) is 25.1 Å². The predicted molar refractivity (Wildman–Crippen MR) is 75.3 cm³/mol. The molecule has 2 aromatic rings. The lowest BCUT2D eigenvalue weighted by Crippen LogP contribution is -2.23. The average molecular weight is 331 g/mol. The van der Waals surface area contributed by atoms with E-state index in [1.165, 1.54) is 0 Å². The summed E-state index contributed by atoms with van der Waals surface area (Å²) in [5.41, 5.74) is -0.832. The van der Waals surface area contributed by atoms with Gasteiger partial charge in [0.05, 0.1) is 6.04 Å². The van der Waals surface area contributed by atoms with E-state index in [4.69, 9.17) is 0 Å². The van der Waals surface area contributed by atoms with E-state index in [9.17, 15) is 13.2 Å². The number of aryl methyl sites for hydroxylation is 1. The summed E-state index contributed by atoms with van der Waals surface area (Å²) in [5.74, 6) is 1.82. The van der Waals surface area contributed by atoms with Gasteiger partial charge in [-0.25, -0.2) is 4.98 Å². The second kappa shape index (κ2) is 5.96. The van der Waals surface area contributed by atoms with Crippen LogP contribution in [0.5, 0.6) is 0 Å². The van der Waals surface area contributed by atoms with E-state index in [2.05, 4.69) is 25.1 Å². The molecule has 0 saturated carbocycles. The largest absolute Gasteiger partial charge is 0.434 e. The summed E-state index contributed by atoms with van der Waals surface area (Å²) in [7, 11) is 0. The van der Waals surface area contributed by atoms with Gasteiger partial charge in [-0.2, -0.15) is 13.2 Å². The minimum Gasteiger partial charge on any atom is -0.314 e. The fraction of sp³-hybridized carbons (Fsp3) is 0.615. The number of thiazole rings is 1. The molecule has 2 aromatic heterocycles. The summed E-state index contributed by atoms with van der Waals surface area (Å²) < 4.78 is 39.6. The van der Waals surface area contributed by atoms with Gasteiger partial charge in [0.2, 0.25) is 0 Å². The van der Waals surface area contributed by atoms with Crippen molar-refractivity contribution in [2.75, 3.05) is 0 Å². The van der Waals surface area contributed by atoms with Gasteiger partial charge < -0.3 is 9.88 Å². The van der Waals surface area contributed by atoms with Crippen molar-refractivity contribution >= 4 is 11.3 Å². The first-order chi connectivity index (χ1) is 10.4. The van der Waals surface area contributed by atoms with Crippen LogP contribution in [0.25, 0.3) is 0 Å². The number of halogens is 3. The fourth-order valence-corrected chi connectivity index (χ4v) is 3.26. The van der Waals surface area contributed by atoms with E-state index in [-0.39, 0.29) is 12.6 Å². The monoisotopic (exact) mass is 331 g/mol. The Morgan fingerprint density at radius 2 is 2.18 bits per heavy atom. The molecule has 0 spiro atoms. The molecule has 0 amide bonds. The Morgan fingerprint density at radius 3 is 2.91 bits per heavy atom. The maximum absolute atomic E-state index is 12.5. The van der Waals surface area contributed by atoms with Crippen LogP contribution in [0, 0.1) is 0 Å². The maximum atomic E-state index is 12.5. The van der Waals surface area contributed by atoms with Crippen molar-refractivity contribution in [3.8, 4) is 0 Å². The van der Waals surface area contributed by atoms with E-state index in [0.29, 0.717) is 5.01 Å². The van der Waals surface area contributed by atoms with Gasteiger partial charge in [-0.05, 0) is 19.8 Å². The molecule has 1 aliphatic rings. The Morgan fingerprint density at radius 1 is 1.36 bits per heavy atom. The van der Waals surface area contributed by atoms with E-state index in [1.807, 2.05) is 6.92 Å². The van der Waals surface area contributed by atoms with Crippen molar-refractivity contribution in [1.29, 1.82) is 0 Å². The van der Waals surface area contributed by atoms with Crippen LogP contribution in [0.4, 0.5) is 13.2 Å². The van der Waals surface area contributed by atoms with Crippen LogP contribution in [0.3, 0.4) is 0 Å². The molecule has 0 bridgehead atoms. The van der Waals surface area contributed by atoms with Gasteiger partial charge in [-0.1, -0.05) is 0 Å². The van der Waals surface area contributed by atoms with Crippen LogP contribution in [0.1, 0.15) is 48.2 Å². The quantitative estimate of drug-likeness (QED) is 0.936. The number of nitrogens with zero attached hydrogens (tertiary/aromatic N) is 4. The smallest absolute Gasteiger partial charge is 0.314 e. The molecule has 1 atom stereocenters. The highest BCUT2D eigenvalue weighted by Gasteiger charge is 2.33. The van der Waals surface area contributed by atoms with Gasteiger partial charge in [0, 0.05) is 24.9 Å². The zero-order valence-corrected chi connectivity index (χ0v) is 12.8. The Kier molecular flexibility index (Phi) is 4.18. The molecule has 0 saturated heterocycles. The molecule has 120 valence electrons. The first-order valence-electron chi connectivity index (χ1n) is 7.12. The Hall–Kier alpha value is -1.48. The highest BCUT2D eigenvalue weighted by atomic mass is 32.1. The first kappa shape index (κ1) is 15.4. The Bertz CT molecular complexity index is 648. The molecular weight excluding hydrogens is 315 g/mol. The van der Waals surface area contributed by atoms with Crippen molar-refractivity contribution in [3.05, 3.63) is 27.7 Å². The zero-order valence-electron chi connectivity index (χ0n) is 12.0. The molecule has 0 fully saturated rings. The van der Waals surface area contributed by atoms with Gasteiger partial charge >= 0.3 is 6.18 Å². The number of rotatable bonds is 4. The summed E-state index contributed by atoms with van der Waals surface area (Å²) in [4.78, 5) is 3.61. The normalized spacial score (nSPS) is 16.5. The third kappa shape index (κ3) is 3.14. The number of alkyl halides is 3. The highest BCUT2D eigenvalue weighted by molar-refractivity contribution is 7.09. The van der Waals surface area contributed by atoms with Crippen LogP contribution < -0.4 is 5.32 Å². The molecule has 5 nitrogen and oxygen atoms in total. The molecule has 9 heteroatoms. The molecule has 0 radical (unpaired) electrons. The first-order valence-corrected chi connectivity index (χ1v) is 8.00. The van der Waals surface area contributed by atoms with Crippen molar-refractivity contribution in [2.45, 2.75) is 51.5 Å². The van der Waals surface area contributed by atoms with E-state index >= 15 is 0 Å². The molecule has 1 aliphatic heterocycles. The summed E-state index contributed by atoms with van der Waals surface area (Å²) >= 11 is 1.01. The van der Waals surface area contributed by atoms with Crippen LogP contribution in [-0.2, 0) is 25.7 Å². The lowest BCUT2D eigenvalue weighted by Gasteiger charge is -2.18. The third-order valence-corrected chi connectivity index (χ3v) is 4.53. The molecule has 1 N–H and O–H groups in total. The Balaban J connectivity index is 1.64. The second-order valence-corrected chi connectivity index (χ2v) is 6.25. The average Bonchev–Trinajstić information content (AvgIpc) is 3.11. The molecule has 3 heterocycles. The maximum Gasteiger partial charge on any atom is 0.434 e. The van der Waals surface area contributed by atoms with Gasteiger partial charge in [0.1, 0.15) is 16.7 Å². The second-order valence-electron chi connectivity index (χ2n) is 5.31. The fourth-order valence-electron chi connectivity index (χ4n) is 2.51. The van der Waals surface area contributed by atoms with Crippen molar-refractivity contribution in [3.63, 3.8) is 0 Å². The number of hydrogen-bond acceptors (Lipinski definition) is 5. The minimum atomic E-state index is -4.38. The van der Waals surface area contributed by atoms with E-state index < -0.39 is 11.9 Å².